The van der Waals surface area contributed by atoms with Crippen molar-refractivity contribution in [2.75, 3.05) is 11.9 Å². The largest absolute Gasteiger partial charge is 0.476 e. The van der Waals surface area contributed by atoms with E-state index in [9.17, 15) is 22.8 Å². The third-order valence-corrected chi connectivity index (χ3v) is 5.92. The van der Waals surface area contributed by atoms with E-state index in [1.807, 2.05) is 0 Å². The first-order chi connectivity index (χ1) is 15.9. The van der Waals surface area contributed by atoms with Crippen LogP contribution in [0.4, 0.5) is 18.9 Å². The van der Waals surface area contributed by atoms with Crippen molar-refractivity contribution < 1.29 is 32.2 Å². The molecule has 0 spiro atoms. The maximum Gasteiger partial charge on any atom is 0.416 e. The van der Waals surface area contributed by atoms with E-state index in [0.717, 1.165) is 23.5 Å². The zero-order chi connectivity index (χ0) is 25.1. The standard InChI is InChI=1S/C24H23F3N2O4S/c1-5-32-22(31)23(3,4)33-18-12-10-17(11-13-18)29-20(30)19-14(2)28-21(34-19)15-6-8-16(9-7-15)24(25,26)27/h6-13H,5H2,1-4H3,(H,29,30). The van der Waals surface area contributed by atoms with Crippen molar-refractivity contribution in [3.05, 3.63) is 64.7 Å². The molecule has 2 aromatic carbocycles. The van der Waals surface area contributed by atoms with Crippen molar-refractivity contribution in [2.45, 2.75) is 39.5 Å². The van der Waals surface area contributed by atoms with E-state index >= 15 is 0 Å². The van der Waals surface area contributed by atoms with E-state index < -0.39 is 29.2 Å². The highest BCUT2D eigenvalue weighted by Crippen LogP contribution is 2.33. The third kappa shape index (κ3) is 5.93. The fourth-order valence-corrected chi connectivity index (χ4v) is 3.93. The zero-order valence-electron chi connectivity index (χ0n) is 18.9. The van der Waals surface area contributed by atoms with Crippen molar-refractivity contribution in [1.29, 1.82) is 0 Å². The smallest absolute Gasteiger partial charge is 0.416 e. The van der Waals surface area contributed by atoms with Gasteiger partial charge in [0.1, 0.15) is 15.6 Å². The van der Waals surface area contributed by atoms with Gasteiger partial charge in [-0.15, -0.1) is 11.3 Å². The van der Waals surface area contributed by atoms with Crippen molar-refractivity contribution in [3.63, 3.8) is 0 Å². The first kappa shape index (κ1) is 25.2. The molecule has 0 saturated carbocycles. The van der Waals surface area contributed by atoms with E-state index in [2.05, 4.69) is 10.3 Å². The molecule has 34 heavy (non-hydrogen) atoms. The van der Waals surface area contributed by atoms with Crippen LogP contribution in [0.3, 0.4) is 0 Å². The van der Waals surface area contributed by atoms with E-state index in [-0.39, 0.29) is 6.61 Å². The SMILES string of the molecule is CCOC(=O)C(C)(C)Oc1ccc(NC(=O)c2sc(-c3ccc(C(F)(F)F)cc3)nc2C)cc1. The highest BCUT2D eigenvalue weighted by atomic mass is 32.1. The van der Waals surface area contributed by atoms with E-state index in [1.165, 1.54) is 12.1 Å². The molecule has 0 atom stereocenters. The van der Waals surface area contributed by atoms with Gasteiger partial charge in [-0.25, -0.2) is 9.78 Å². The molecule has 0 aliphatic heterocycles. The van der Waals surface area contributed by atoms with Crippen LogP contribution in [0.5, 0.6) is 5.75 Å². The molecule has 0 aliphatic carbocycles. The van der Waals surface area contributed by atoms with E-state index in [1.54, 1.807) is 52.0 Å². The number of hydrogen-bond donors (Lipinski definition) is 1. The molecule has 6 nitrogen and oxygen atoms in total. The van der Waals surface area contributed by atoms with Crippen molar-refractivity contribution in [3.8, 4) is 16.3 Å². The summed E-state index contributed by atoms with van der Waals surface area (Å²) in [7, 11) is 0. The molecule has 1 aromatic heterocycles. The van der Waals surface area contributed by atoms with Crippen LogP contribution < -0.4 is 10.1 Å². The molecule has 3 rings (SSSR count). The predicted molar refractivity (Wildman–Crippen MR) is 123 cm³/mol. The number of esters is 1. The average molecular weight is 493 g/mol. The number of nitrogens with one attached hydrogen (secondary N) is 1. The Morgan fingerprint density at radius 1 is 1.03 bits per heavy atom. The minimum absolute atomic E-state index is 0.244. The monoisotopic (exact) mass is 492 g/mol. The Labute approximate surface area is 198 Å². The normalized spacial score (nSPS) is 11.7. The first-order valence-electron chi connectivity index (χ1n) is 10.3. The summed E-state index contributed by atoms with van der Waals surface area (Å²) in [5.41, 5.74) is -0.468. The van der Waals surface area contributed by atoms with Crippen LogP contribution in [0, 0.1) is 6.92 Å². The first-order valence-corrected chi connectivity index (χ1v) is 11.1. The topological polar surface area (TPSA) is 77.5 Å². The van der Waals surface area contributed by atoms with Gasteiger partial charge in [-0.1, -0.05) is 12.1 Å². The van der Waals surface area contributed by atoms with E-state index in [0.29, 0.717) is 32.6 Å². The van der Waals surface area contributed by atoms with Crippen LogP contribution in [0.25, 0.3) is 10.6 Å². The summed E-state index contributed by atoms with van der Waals surface area (Å²) in [6, 6.07) is 11.1. The van der Waals surface area contributed by atoms with Gasteiger partial charge in [0.05, 0.1) is 17.9 Å². The number of carbonyl (C=O) groups excluding carboxylic acids is 2. The molecule has 1 N–H and O–H groups in total. The van der Waals surface area contributed by atoms with Gasteiger partial charge in [0.15, 0.2) is 5.60 Å². The molecule has 1 heterocycles. The summed E-state index contributed by atoms with van der Waals surface area (Å²) in [4.78, 5) is 29.4. The lowest BCUT2D eigenvalue weighted by molar-refractivity contribution is -0.158. The molecule has 10 heteroatoms. The Balaban J connectivity index is 1.69. The van der Waals surface area contributed by atoms with Crippen LogP contribution >= 0.6 is 11.3 Å². The number of carbonyl (C=O) groups is 2. The average Bonchev–Trinajstić information content (AvgIpc) is 3.16. The molecule has 0 saturated heterocycles. The van der Waals surface area contributed by atoms with Crippen LogP contribution in [0.15, 0.2) is 48.5 Å². The van der Waals surface area contributed by atoms with Crippen LogP contribution in [0.2, 0.25) is 0 Å². The Hall–Kier alpha value is -3.40. The number of halogens is 3. The predicted octanol–water partition coefficient (Wildman–Crippen LogP) is 6.11. The third-order valence-electron chi connectivity index (χ3n) is 4.71. The second-order valence-corrected chi connectivity index (χ2v) is 8.82. The van der Waals surface area contributed by atoms with Crippen LogP contribution in [0.1, 0.15) is 41.7 Å². The van der Waals surface area contributed by atoms with Gasteiger partial charge < -0.3 is 14.8 Å². The van der Waals surface area contributed by atoms with Crippen LogP contribution in [-0.4, -0.2) is 29.1 Å². The molecule has 0 aliphatic rings. The lowest BCUT2D eigenvalue weighted by Crippen LogP contribution is -2.39. The summed E-state index contributed by atoms with van der Waals surface area (Å²) in [5.74, 6) is -0.458. The lowest BCUT2D eigenvalue weighted by Gasteiger charge is -2.24. The minimum atomic E-state index is -4.42. The molecule has 3 aromatic rings. The van der Waals surface area contributed by atoms with Gasteiger partial charge in [0.2, 0.25) is 0 Å². The van der Waals surface area contributed by atoms with Gasteiger partial charge in [-0.3, -0.25) is 4.79 Å². The highest BCUT2D eigenvalue weighted by Gasteiger charge is 2.32. The number of ether oxygens (including phenoxy) is 2. The van der Waals surface area contributed by atoms with Gasteiger partial charge >= 0.3 is 12.1 Å². The van der Waals surface area contributed by atoms with Crippen LogP contribution in [-0.2, 0) is 15.7 Å². The molecule has 180 valence electrons. The molecule has 1 amide bonds. The molecule has 0 unspecified atom stereocenters. The molecule has 0 bridgehead atoms. The summed E-state index contributed by atoms with van der Waals surface area (Å²) in [6.07, 6.45) is -4.42. The highest BCUT2D eigenvalue weighted by molar-refractivity contribution is 7.17. The fourth-order valence-electron chi connectivity index (χ4n) is 2.97. The number of amides is 1. The van der Waals surface area contributed by atoms with Crippen molar-refractivity contribution in [2.24, 2.45) is 0 Å². The zero-order valence-corrected chi connectivity index (χ0v) is 19.8. The van der Waals surface area contributed by atoms with E-state index in [4.69, 9.17) is 9.47 Å². The van der Waals surface area contributed by atoms with Gasteiger partial charge in [0.25, 0.3) is 5.91 Å². The summed E-state index contributed by atoms with van der Waals surface area (Å²) in [6.45, 7) is 6.81. The number of hydrogen-bond acceptors (Lipinski definition) is 6. The van der Waals surface area contributed by atoms with Crippen molar-refractivity contribution >= 4 is 28.9 Å². The Morgan fingerprint density at radius 3 is 2.21 bits per heavy atom. The number of benzene rings is 2. The number of alkyl halides is 3. The number of anilines is 1. The number of aryl methyl sites for hydroxylation is 1. The summed E-state index contributed by atoms with van der Waals surface area (Å²) in [5, 5.41) is 3.21. The number of nitrogens with zero attached hydrogens (tertiary/aromatic N) is 1. The summed E-state index contributed by atoms with van der Waals surface area (Å²) < 4.78 is 49.0. The summed E-state index contributed by atoms with van der Waals surface area (Å²) >= 11 is 1.09. The maximum absolute atomic E-state index is 12.8. The molecule has 0 fully saturated rings. The molecular formula is C24H23F3N2O4S. The quantitative estimate of drug-likeness (QED) is 0.403. The Morgan fingerprint density at radius 2 is 1.65 bits per heavy atom. The molecule has 0 radical (unpaired) electrons. The van der Waals surface area contributed by atoms with Gasteiger partial charge in [0, 0.05) is 11.3 Å². The number of rotatable bonds is 7. The van der Waals surface area contributed by atoms with Crippen molar-refractivity contribution in [1.82, 2.24) is 4.98 Å². The number of thiazole rings is 1. The Kier molecular flexibility index (Phi) is 7.30. The second kappa shape index (κ2) is 9.84. The lowest BCUT2D eigenvalue weighted by atomic mass is 10.1. The van der Waals surface area contributed by atoms with Gasteiger partial charge in [-0.2, -0.15) is 13.2 Å². The maximum atomic E-state index is 12.8. The fraction of sp³-hybridized carbons (Fsp3) is 0.292. The minimum Gasteiger partial charge on any atom is -0.476 e. The second-order valence-electron chi connectivity index (χ2n) is 7.82. The Bertz CT molecular complexity index is 1170. The number of aromatic nitrogens is 1. The molecular weight excluding hydrogens is 469 g/mol. The van der Waals surface area contributed by atoms with Gasteiger partial charge in [-0.05, 0) is 64.1 Å².